The Morgan fingerprint density at radius 1 is 0.917 bits per heavy atom. The third-order valence-electron chi connectivity index (χ3n) is 5.04. The van der Waals surface area contributed by atoms with Gasteiger partial charge in [-0.05, 0) is 53.5 Å². The molecular formula is C23H23N. The number of hydrogen-bond donors (Lipinski definition) is 0. The summed E-state index contributed by atoms with van der Waals surface area (Å²) in [6.07, 6.45) is 7.87. The average molecular weight is 313 g/mol. The van der Waals surface area contributed by atoms with Gasteiger partial charge in [-0.15, -0.1) is 0 Å². The molecule has 0 saturated carbocycles. The second kappa shape index (κ2) is 6.60. The van der Waals surface area contributed by atoms with Gasteiger partial charge in [0.15, 0.2) is 0 Å². The van der Waals surface area contributed by atoms with Gasteiger partial charge in [0.25, 0.3) is 0 Å². The van der Waals surface area contributed by atoms with Gasteiger partial charge >= 0.3 is 0 Å². The lowest BCUT2D eigenvalue weighted by atomic mass is 9.83. The maximum absolute atomic E-state index is 4.90. The third kappa shape index (κ3) is 2.65. The summed E-state index contributed by atoms with van der Waals surface area (Å²) in [6, 6.07) is 19.6. The van der Waals surface area contributed by atoms with E-state index in [0.717, 1.165) is 19.3 Å². The number of aryl methyl sites for hydroxylation is 2. The van der Waals surface area contributed by atoms with Gasteiger partial charge in [-0.25, -0.2) is 0 Å². The largest absolute Gasteiger partial charge is 0.256 e. The van der Waals surface area contributed by atoms with Crippen molar-refractivity contribution in [3.05, 3.63) is 77.5 Å². The second-order valence-corrected chi connectivity index (χ2v) is 6.61. The normalized spacial score (nSPS) is 12.5. The first-order valence-corrected chi connectivity index (χ1v) is 9.03. The quantitative estimate of drug-likeness (QED) is 0.588. The number of aromatic nitrogens is 1. The molecule has 0 amide bonds. The minimum atomic E-state index is 1.09. The molecule has 0 N–H and O–H groups in total. The smallest absolute Gasteiger partial charge is 0.0743 e. The van der Waals surface area contributed by atoms with E-state index < -0.39 is 0 Å². The Bertz CT molecular complexity index is 849. The van der Waals surface area contributed by atoms with Crippen molar-refractivity contribution in [2.75, 3.05) is 0 Å². The van der Waals surface area contributed by atoms with Crippen LogP contribution < -0.4 is 0 Å². The van der Waals surface area contributed by atoms with Crippen molar-refractivity contribution in [2.45, 2.75) is 39.0 Å². The Hall–Kier alpha value is -2.41. The van der Waals surface area contributed by atoms with Crippen LogP contribution in [0.5, 0.6) is 0 Å². The van der Waals surface area contributed by atoms with E-state index in [2.05, 4.69) is 67.7 Å². The molecule has 4 rings (SSSR count). The highest BCUT2D eigenvalue weighted by molar-refractivity contribution is 5.81. The first kappa shape index (κ1) is 15.1. The van der Waals surface area contributed by atoms with Crippen LogP contribution in [0.25, 0.3) is 22.4 Å². The summed E-state index contributed by atoms with van der Waals surface area (Å²) < 4.78 is 0. The molecule has 0 atom stereocenters. The number of nitrogens with zero attached hydrogens (tertiary/aromatic N) is 1. The molecule has 0 bridgehead atoms. The topological polar surface area (TPSA) is 12.9 Å². The lowest BCUT2D eigenvalue weighted by Crippen LogP contribution is -2.09. The Morgan fingerprint density at radius 2 is 1.71 bits per heavy atom. The molecule has 0 fully saturated rings. The summed E-state index contributed by atoms with van der Waals surface area (Å²) in [4.78, 5) is 4.90. The fourth-order valence-electron chi connectivity index (χ4n) is 3.82. The molecule has 2 aromatic carbocycles. The third-order valence-corrected chi connectivity index (χ3v) is 5.04. The summed E-state index contributed by atoms with van der Waals surface area (Å²) in [5.74, 6) is 0. The Balaban J connectivity index is 1.93. The van der Waals surface area contributed by atoms with Crippen LogP contribution in [0, 0.1) is 0 Å². The van der Waals surface area contributed by atoms with Gasteiger partial charge in [0, 0.05) is 11.8 Å². The average Bonchev–Trinajstić information content (AvgIpc) is 2.66. The molecular weight excluding hydrogens is 290 g/mol. The van der Waals surface area contributed by atoms with Crippen molar-refractivity contribution in [1.29, 1.82) is 0 Å². The number of fused-ring (bicyclic) bond motifs is 3. The van der Waals surface area contributed by atoms with E-state index in [0.29, 0.717) is 0 Å². The lowest BCUT2D eigenvalue weighted by molar-refractivity contribution is 0.790. The molecule has 0 aliphatic heterocycles. The monoisotopic (exact) mass is 313 g/mol. The number of pyridine rings is 1. The number of unbranched alkanes of at least 4 members (excludes halogenated alkanes) is 1. The van der Waals surface area contributed by atoms with Crippen LogP contribution in [-0.2, 0) is 19.3 Å². The first-order chi connectivity index (χ1) is 11.9. The van der Waals surface area contributed by atoms with Gasteiger partial charge in [-0.3, -0.25) is 4.98 Å². The molecule has 1 aliphatic rings. The fourth-order valence-corrected chi connectivity index (χ4v) is 3.82. The molecule has 0 radical (unpaired) electrons. The summed E-state index contributed by atoms with van der Waals surface area (Å²) in [5, 5.41) is 0. The number of benzene rings is 2. The highest BCUT2D eigenvalue weighted by atomic mass is 14.7. The molecule has 24 heavy (non-hydrogen) atoms. The SMILES string of the molecule is CCCCc1cnc2c(c1-c1ccccc1)CCc1ccccc1-2. The first-order valence-electron chi connectivity index (χ1n) is 9.03. The predicted octanol–water partition coefficient (Wildman–Crippen LogP) is 5.86. The molecule has 1 aliphatic carbocycles. The van der Waals surface area contributed by atoms with E-state index in [1.807, 2.05) is 0 Å². The maximum Gasteiger partial charge on any atom is 0.0743 e. The maximum atomic E-state index is 4.90. The van der Waals surface area contributed by atoms with Crippen LogP contribution in [0.2, 0.25) is 0 Å². The van der Waals surface area contributed by atoms with Crippen molar-refractivity contribution < 1.29 is 0 Å². The molecule has 0 saturated heterocycles. The van der Waals surface area contributed by atoms with Crippen molar-refractivity contribution in [3.63, 3.8) is 0 Å². The van der Waals surface area contributed by atoms with Crippen LogP contribution >= 0.6 is 0 Å². The zero-order valence-electron chi connectivity index (χ0n) is 14.3. The summed E-state index contributed by atoms with van der Waals surface area (Å²) >= 11 is 0. The van der Waals surface area contributed by atoms with E-state index in [-0.39, 0.29) is 0 Å². The lowest BCUT2D eigenvalue weighted by Gasteiger charge is -2.24. The highest BCUT2D eigenvalue weighted by Gasteiger charge is 2.22. The standard InChI is InChI=1S/C23H23N/c1-2-3-9-19-16-24-23-20-13-8-7-10-17(20)14-15-21(23)22(19)18-11-5-4-6-12-18/h4-8,10-13,16H,2-3,9,14-15H2,1H3. The number of hydrogen-bond acceptors (Lipinski definition) is 1. The van der Waals surface area contributed by atoms with E-state index >= 15 is 0 Å². The highest BCUT2D eigenvalue weighted by Crippen LogP contribution is 2.39. The molecule has 1 nitrogen and oxygen atoms in total. The fraction of sp³-hybridized carbons (Fsp3) is 0.261. The molecule has 1 heterocycles. The molecule has 0 unspecified atom stereocenters. The Morgan fingerprint density at radius 3 is 2.54 bits per heavy atom. The van der Waals surface area contributed by atoms with E-state index in [1.165, 1.54) is 51.9 Å². The van der Waals surface area contributed by atoms with Crippen molar-refractivity contribution in [1.82, 2.24) is 4.98 Å². The van der Waals surface area contributed by atoms with Crippen LogP contribution in [0.3, 0.4) is 0 Å². The second-order valence-electron chi connectivity index (χ2n) is 6.61. The van der Waals surface area contributed by atoms with Crippen LogP contribution in [0.1, 0.15) is 36.5 Å². The summed E-state index contributed by atoms with van der Waals surface area (Å²) in [5.41, 5.74) is 9.55. The summed E-state index contributed by atoms with van der Waals surface area (Å²) in [7, 11) is 0. The number of rotatable bonds is 4. The molecule has 1 heteroatoms. The van der Waals surface area contributed by atoms with Crippen LogP contribution in [0.4, 0.5) is 0 Å². The van der Waals surface area contributed by atoms with Gasteiger partial charge in [-0.1, -0.05) is 67.9 Å². The van der Waals surface area contributed by atoms with Gasteiger partial charge in [0.2, 0.25) is 0 Å². The van der Waals surface area contributed by atoms with Gasteiger partial charge < -0.3 is 0 Å². The van der Waals surface area contributed by atoms with Crippen LogP contribution in [0.15, 0.2) is 60.8 Å². The van der Waals surface area contributed by atoms with E-state index in [9.17, 15) is 0 Å². The predicted molar refractivity (Wildman–Crippen MR) is 101 cm³/mol. The van der Waals surface area contributed by atoms with Crippen LogP contribution in [-0.4, -0.2) is 4.98 Å². The van der Waals surface area contributed by atoms with Crippen molar-refractivity contribution >= 4 is 0 Å². The zero-order chi connectivity index (χ0) is 16.4. The summed E-state index contributed by atoms with van der Waals surface area (Å²) in [6.45, 7) is 2.25. The van der Waals surface area contributed by atoms with Gasteiger partial charge in [0.05, 0.1) is 5.69 Å². The minimum Gasteiger partial charge on any atom is -0.256 e. The van der Waals surface area contributed by atoms with E-state index in [4.69, 9.17) is 4.98 Å². The Kier molecular flexibility index (Phi) is 4.17. The van der Waals surface area contributed by atoms with E-state index in [1.54, 1.807) is 0 Å². The Labute approximate surface area is 144 Å². The molecule has 1 aromatic heterocycles. The van der Waals surface area contributed by atoms with Gasteiger partial charge in [0.1, 0.15) is 0 Å². The molecule has 0 spiro atoms. The minimum absolute atomic E-state index is 1.09. The molecule has 3 aromatic rings. The molecule has 120 valence electrons. The zero-order valence-corrected chi connectivity index (χ0v) is 14.3. The van der Waals surface area contributed by atoms with Crippen molar-refractivity contribution in [3.8, 4) is 22.4 Å². The van der Waals surface area contributed by atoms with Crippen molar-refractivity contribution in [2.24, 2.45) is 0 Å². The van der Waals surface area contributed by atoms with Gasteiger partial charge in [-0.2, -0.15) is 0 Å².